The zero-order valence-corrected chi connectivity index (χ0v) is 16.5. The van der Waals surface area contributed by atoms with Crippen LogP contribution in [-0.4, -0.2) is 48.3 Å². The maximum absolute atomic E-state index is 12.7. The van der Waals surface area contributed by atoms with E-state index in [1.807, 2.05) is 29.2 Å². The predicted molar refractivity (Wildman–Crippen MR) is 107 cm³/mol. The lowest BCUT2D eigenvalue weighted by Gasteiger charge is -2.30. The van der Waals surface area contributed by atoms with Crippen molar-refractivity contribution in [2.75, 3.05) is 27.3 Å². The Morgan fingerprint density at radius 2 is 1.55 bits per heavy atom. The molecule has 1 aliphatic heterocycles. The van der Waals surface area contributed by atoms with E-state index in [1.54, 1.807) is 38.5 Å². The van der Waals surface area contributed by atoms with Crippen molar-refractivity contribution in [2.45, 2.75) is 18.8 Å². The highest BCUT2D eigenvalue weighted by Gasteiger charge is 2.28. The van der Waals surface area contributed by atoms with Crippen LogP contribution in [0.1, 0.15) is 35.0 Å². The summed E-state index contributed by atoms with van der Waals surface area (Å²) in [6, 6.07) is 14.8. The van der Waals surface area contributed by atoms with Gasteiger partial charge in [0.1, 0.15) is 11.5 Å². The molecule has 0 atom stereocenters. The standard InChI is InChI=1S/C22H23N3O4/c1-27-18-7-3-15(4-8-18)20-23-21(29-24-20)16-11-13-25(14-12-16)22(26)17-5-9-19(28-2)10-6-17/h3-10,16H,11-14H2,1-2H3. The highest BCUT2D eigenvalue weighted by atomic mass is 16.5. The number of ether oxygens (including phenoxy) is 2. The Morgan fingerprint density at radius 3 is 2.14 bits per heavy atom. The summed E-state index contributed by atoms with van der Waals surface area (Å²) in [7, 11) is 3.24. The largest absolute Gasteiger partial charge is 0.497 e. The van der Waals surface area contributed by atoms with Gasteiger partial charge in [-0.2, -0.15) is 4.98 Å². The number of benzene rings is 2. The number of aromatic nitrogens is 2. The number of hydrogen-bond acceptors (Lipinski definition) is 6. The molecule has 0 saturated carbocycles. The normalized spacial score (nSPS) is 14.6. The van der Waals surface area contributed by atoms with E-state index in [4.69, 9.17) is 14.0 Å². The van der Waals surface area contributed by atoms with E-state index in [0.29, 0.717) is 30.4 Å². The molecule has 1 saturated heterocycles. The molecule has 3 aromatic rings. The lowest BCUT2D eigenvalue weighted by atomic mass is 9.96. The third-order valence-corrected chi connectivity index (χ3v) is 5.26. The minimum Gasteiger partial charge on any atom is -0.497 e. The van der Waals surface area contributed by atoms with Crippen LogP contribution in [0.5, 0.6) is 11.5 Å². The summed E-state index contributed by atoms with van der Waals surface area (Å²) in [6.45, 7) is 1.32. The average molecular weight is 393 g/mol. The van der Waals surface area contributed by atoms with Gasteiger partial charge in [-0.05, 0) is 61.4 Å². The van der Waals surface area contributed by atoms with Crippen LogP contribution in [0.4, 0.5) is 0 Å². The number of amides is 1. The minimum atomic E-state index is 0.0376. The summed E-state index contributed by atoms with van der Waals surface area (Å²) in [4.78, 5) is 19.2. The Morgan fingerprint density at radius 1 is 0.966 bits per heavy atom. The molecule has 1 amide bonds. The average Bonchev–Trinajstić information content (AvgIpc) is 3.29. The Hall–Kier alpha value is -3.35. The first kappa shape index (κ1) is 19.0. The van der Waals surface area contributed by atoms with Crippen molar-refractivity contribution in [1.29, 1.82) is 0 Å². The summed E-state index contributed by atoms with van der Waals surface area (Å²) in [5, 5.41) is 4.12. The fraction of sp³-hybridized carbons (Fsp3) is 0.318. The van der Waals surface area contributed by atoms with E-state index in [-0.39, 0.29) is 11.8 Å². The van der Waals surface area contributed by atoms with Gasteiger partial charge < -0.3 is 18.9 Å². The zero-order valence-electron chi connectivity index (χ0n) is 16.5. The summed E-state index contributed by atoms with van der Waals surface area (Å²) in [5.74, 6) is 2.92. The first-order valence-corrected chi connectivity index (χ1v) is 9.59. The first-order valence-electron chi connectivity index (χ1n) is 9.59. The quantitative estimate of drug-likeness (QED) is 0.657. The lowest BCUT2D eigenvalue weighted by Crippen LogP contribution is -2.37. The molecule has 2 aromatic carbocycles. The van der Waals surface area contributed by atoms with Crippen molar-refractivity contribution in [3.63, 3.8) is 0 Å². The Kier molecular flexibility index (Phi) is 5.46. The molecule has 0 unspecified atom stereocenters. The molecule has 29 heavy (non-hydrogen) atoms. The third kappa shape index (κ3) is 4.08. The topological polar surface area (TPSA) is 77.7 Å². The van der Waals surface area contributed by atoms with Crippen LogP contribution in [0.2, 0.25) is 0 Å². The number of carbonyl (C=O) groups excluding carboxylic acids is 1. The predicted octanol–water partition coefficient (Wildman–Crippen LogP) is 3.77. The number of likely N-dealkylation sites (tertiary alicyclic amines) is 1. The van der Waals surface area contributed by atoms with Gasteiger partial charge in [-0.1, -0.05) is 5.16 Å². The van der Waals surface area contributed by atoms with E-state index in [9.17, 15) is 4.79 Å². The van der Waals surface area contributed by atoms with E-state index in [1.165, 1.54) is 0 Å². The lowest BCUT2D eigenvalue weighted by molar-refractivity contribution is 0.0704. The van der Waals surface area contributed by atoms with Crippen molar-refractivity contribution in [3.8, 4) is 22.9 Å². The van der Waals surface area contributed by atoms with Gasteiger partial charge >= 0.3 is 0 Å². The number of piperidine rings is 1. The second-order valence-corrected chi connectivity index (χ2v) is 6.98. The summed E-state index contributed by atoms with van der Waals surface area (Å²) in [5.41, 5.74) is 1.55. The second-order valence-electron chi connectivity index (χ2n) is 6.98. The van der Waals surface area contributed by atoms with E-state index >= 15 is 0 Å². The van der Waals surface area contributed by atoms with Crippen LogP contribution in [0, 0.1) is 0 Å². The van der Waals surface area contributed by atoms with Crippen molar-refractivity contribution in [3.05, 3.63) is 60.0 Å². The molecule has 7 heteroatoms. The highest BCUT2D eigenvalue weighted by Crippen LogP contribution is 2.29. The monoisotopic (exact) mass is 393 g/mol. The molecule has 0 aliphatic carbocycles. The van der Waals surface area contributed by atoms with Crippen LogP contribution in [-0.2, 0) is 0 Å². The number of rotatable bonds is 5. The van der Waals surface area contributed by atoms with Gasteiger partial charge in [0.25, 0.3) is 5.91 Å². The summed E-state index contributed by atoms with van der Waals surface area (Å²) >= 11 is 0. The minimum absolute atomic E-state index is 0.0376. The van der Waals surface area contributed by atoms with Gasteiger partial charge in [0.15, 0.2) is 0 Å². The first-order chi connectivity index (χ1) is 14.2. The molecule has 7 nitrogen and oxygen atoms in total. The van der Waals surface area contributed by atoms with E-state index in [2.05, 4.69) is 10.1 Å². The number of carbonyl (C=O) groups is 1. The molecule has 150 valence electrons. The smallest absolute Gasteiger partial charge is 0.253 e. The van der Waals surface area contributed by atoms with Gasteiger partial charge in [-0.25, -0.2) is 0 Å². The van der Waals surface area contributed by atoms with Crippen LogP contribution < -0.4 is 9.47 Å². The van der Waals surface area contributed by atoms with Crippen LogP contribution >= 0.6 is 0 Å². The van der Waals surface area contributed by atoms with Gasteiger partial charge in [0.2, 0.25) is 11.7 Å². The molecule has 1 aromatic heterocycles. The number of hydrogen-bond donors (Lipinski definition) is 0. The molecular formula is C22H23N3O4. The van der Waals surface area contributed by atoms with Gasteiger partial charge in [0.05, 0.1) is 14.2 Å². The molecule has 1 aliphatic rings. The van der Waals surface area contributed by atoms with Crippen molar-refractivity contribution in [2.24, 2.45) is 0 Å². The Labute approximate surface area is 169 Å². The molecule has 0 N–H and O–H groups in total. The fourth-order valence-corrected chi connectivity index (χ4v) is 3.50. The Balaban J connectivity index is 1.38. The van der Waals surface area contributed by atoms with Crippen LogP contribution in [0.15, 0.2) is 53.1 Å². The van der Waals surface area contributed by atoms with E-state index < -0.39 is 0 Å². The van der Waals surface area contributed by atoms with E-state index in [0.717, 1.165) is 29.9 Å². The van der Waals surface area contributed by atoms with Crippen molar-refractivity contribution >= 4 is 5.91 Å². The second kappa shape index (κ2) is 8.34. The molecular weight excluding hydrogens is 370 g/mol. The Bertz CT molecular complexity index is 958. The maximum Gasteiger partial charge on any atom is 0.253 e. The van der Waals surface area contributed by atoms with Crippen LogP contribution in [0.3, 0.4) is 0 Å². The highest BCUT2D eigenvalue weighted by molar-refractivity contribution is 5.94. The van der Waals surface area contributed by atoms with Crippen molar-refractivity contribution in [1.82, 2.24) is 15.0 Å². The number of methoxy groups -OCH3 is 2. The molecule has 0 spiro atoms. The fourth-order valence-electron chi connectivity index (χ4n) is 3.50. The number of nitrogens with zero attached hydrogens (tertiary/aromatic N) is 3. The molecule has 0 bridgehead atoms. The van der Waals surface area contributed by atoms with Gasteiger partial charge in [-0.3, -0.25) is 4.79 Å². The summed E-state index contributed by atoms with van der Waals surface area (Å²) < 4.78 is 15.8. The van der Waals surface area contributed by atoms with Gasteiger partial charge in [0, 0.05) is 30.1 Å². The molecule has 0 radical (unpaired) electrons. The molecule has 4 rings (SSSR count). The van der Waals surface area contributed by atoms with Gasteiger partial charge in [-0.15, -0.1) is 0 Å². The van der Waals surface area contributed by atoms with Crippen molar-refractivity contribution < 1.29 is 18.8 Å². The summed E-state index contributed by atoms with van der Waals surface area (Å²) in [6.07, 6.45) is 1.60. The maximum atomic E-state index is 12.7. The third-order valence-electron chi connectivity index (χ3n) is 5.26. The molecule has 2 heterocycles. The SMILES string of the molecule is COc1ccc(C(=O)N2CCC(c3nc(-c4ccc(OC)cc4)no3)CC2)cc1. The van der Waals surface area contributed by atoms with Crippen LogP contribution in [0.25, 0.3) is 11.4 Å². The zero-order chi connectivity index (χ0) is 20.2. The molecule has 1 fully saturated rings.